The van der Waals surface area contributed by atoms with Gasteiger partial charge in [-0.15, -0.1) is 0 Å². The fraction of sp³-hybridized carbons (Fsp3) is 0.957. The molecule has 1 N–H and O–H groups in total. The summed E-state index contributed by atoms with van der Waals surface area (Å²) in [4.78, 5) is 12.2. The molecule has 0 unspecified atom stereocenters. The highest BCUT2D eigenvalue weighted by atomic mass is 16.5. The molecule has 0 heterocycles. The molecular formula is C23H38O3. The third-order valence-electron chi connectivity index (χ3n) is 9.17. The number of rotatable bonds is 4. The molecule has 26 heavy (non-hydrogen) atoms. The minimum Gasteiger partial charge on any atom is -0.387 e. The molecule has 3 nitrogen and oxygen atoms in total. The quantitative estimate of drug-likeness (QED) is 0.794. The number of carbonyl (C=O) groups excluding carboxylic acids is 1. The highest BCUT2D eigenvalue weighted by Gasteiger charge is 2.58. The molecule has 8 atom stereocenters. The number of fused-ring (bicyclic) bond motifs is 5. The van der Waals surface area contributed by atoms with E-state index in [4.69, 9.17) is 4.74 Å². The van der Waals surface area contributed by atoms with Gasteiger partial charge in [-0.25, -0.2) is 0 Å². The average molecular weight is 363 g/mol. The van der Waals surface area contributed by atoms with Crippen molar-refractivity contribution in [3.05, 3.63) is 0 Å². The summed E-state index contributed by atoms with van der Waals surface area (Å²) < 4.78 is 5.58. The normalized spacial score (nSPS) is 50.6. The van der Waals surface area contributed by atoms with Crippen molar-refractivity contribution < 1.29 is 14.6 Å². The number of Topliss-reactive ketones (excluding diaryl/α,β-unsaturated/α-hetero) is 1. The topological polar surface area (TPSA) is 46.5 Å². The summed E-state index contributed by atoms with van der Waals surface area (Å²) in [5, 5.41) is 11.0. The molecule has 0 bridgehead atoms. The Labute approximate surface area is 159 Å². The van der Waals surface area contributed by atoms with Crippen LogP contribution in [0.1, 0.15) is 78.6 Å². The van der Waals surface area contributed by atoms with Crippen molar-refractivity contribution >= 4 is 5.78 Å². The summed E-state index contributed by atoms with van der Waals surface area (Å²) in [6.07, 6.45) is 10.6. The number of hydrogen-bond donors (Lipinski definition) is 1. The molecule has 0 amide bonds. The van der Waals surface area contributed by atoms with Crippen molar-refractivity contribution in [3.8, 4) is 0 Å². The predicted molar refractivity (Wildman–Crippen MR) is 103 cm³/mol. The minimum absolute atomic E-state index is 0.268. The van der Waals surface area contributed by atoms with E-state index in [0.717, 1.165) is 42.9 Å². The average Bonchev–Trinajstić information content (AvgIpc) is 2.97. The number of ether oxygens (including phenoxy) is 1. The van der Waals surface area contributed by atoms with Crippen LogP contribution in [-0.2, 0) is 9.53 Å². The molecule has 0 spiro atoms. The monoisotopic (exact) mass is 362 g/mol. The Morgan fingerprint density at radius 2 is 1.81 bits per heavy atom. The van der Waals surface area contributed by atoms with Gasteiger partial charge in [-0.2, -0.15) is 0 Å². The number of aliphatic hydroxyl groups is 1. The first kappa shape index (κ1) is 18.9. The zero-order valence-electron chi connectivity index (χ0n) is 17.0. The van der Waals surface area contributed by atoms with Crippen molar-refractivity contribution in [2.24, 2.45) is 40.9 Å². The Morgan fingerprint density at radius 1 is 1.04 bits per heavy atom. The van der Waals surface area contributed by atoms with Crippen molar-refractivity contribution in [3.63, 3.8) is 0 Å². The van der Waals surface area contributed by atoms with E-state index in [1.54, 1.807) is 0 Å². The zero-order valence-corrected chi connectivity index (χ0v) is 17.0. The predicted octanol–water partition coefficient (Wildman–Crippen LogP) is 4.61. The molecular weight excluding hydrogens is 324 g/mol. The van der Waals surface area contributed by atoms with Gasteiger partial charge >= 0.3 is 0 Å². The smallest absolute Gasteiger partial charge is 0.133 e. The molecule has 0 aromatic carbocycles. The molecule has 3 heteroatoms. The fourth-order valence-electron chi connectivity index (χ4n) is 8.05. The van der Waals surface area contributed by atoms with Gasteiger partial charge in [-0.1, -0.05) is 6.92 Å². The van der Waals surface area contributed by atoms with Crippen LogP contribution in [0.3, 0.4) is 0 Å². The van der Waals surface area contributed by atoms with Crippen LogP contribution in [0.5, 0.6) is 0 Å². The maximum atomic E-state index is 12.2. The van der Waals surface area contributed by atoms with E-state index in [-0.39, 0.29) is 5.41 Å². The third kappa shape index (κ3) is 2.98. The van der Waals surface area contributed by atoms with Gasteiger partial charge in [0.05, 0.1) is 12.2 Å². The van der Waals surface area contributed by atoms with E-state index in [1.807, 2.05) is 13.8 Å². The fourth-order valence-corrected chi connectivity index (χ4v) is 8.05. The Kier molecular flexibility index (Phi) is 5.01. The Balaban J connectivity index is 1.47. The molecule has 0 saturated heterocycles. The van der Waals surface area contributed by atoms with Gasteiger partial charge in [0.25, 0.3) is 0 Å². The van der Waals surface area contributed by atoms with E-state index in [0.29, 0.717) is 30.8 Å². The first-order valence-electron chi connectivity index (χ1n) is 11.2. The van der Waals surface area contributed by atoms with E-state index < -0.39 is 5.60 Å². The van der Waals surface area contributed by atoms with Crippen LogP contribution in [-0.4, -0.2) is 29.7 Å². The van der Waals surface area contributed by atoms with Gasteiger partial charge in [0.1, 0.15) is 5.78 Å². The highest BCUT2D eigenvalue weighted by Crippen LogP contribution is 2.64. The molecule has 148 valence electrons. The summed E-state index contributed by atoms with van der Waals surface area (Å²) >= 11 is 0. The van der Waals surface area contributed by atoms with Crippen molar-refractivity contribution in [1.82, 2.24) is 0 Å². The number of carbonyl (C=O) groups is 1. The van der Waals surface area contributed by atoms with E-state index in [2.05, 4.69) is 6.92 Å². The summed E-state index contributed by atoms with van der Waals surface area (Å²) in [7, 11) is 0. The summed E-state index contributed by atoms with van der Waals surface area (Å²) in [6.45, 7) is 7.47. The zero-order chi connectivity index (χ0) is 18.5. The molecule has 0 aromatic heterocycles. The first-order chi connectivity index (χ1) is 12.4. The Bertz CT molecular complexity index is 546. The summed E-state index contributed by atoms with van der Waals surface area (Å²) in [6, 6.07) is 0. The second-order valence-electron chi connectivity index (χ2n) is 10.3. The van der Waals surface area contributed by atoms with Gasteiger partial charge in [0.2, 0.25) is 0 Å². The van der Waals surface area contributed by atoms with Crippen LogP contribution in [0, 0.1) is 40.9 Å². The molecule has 4 aliphatic rings. The molecule has 4 saturated carbocycles. The Morgan fingerprint density at radius 3 is 2.54 bits per heavy atom. The van der Waals surface area contributed by atoms with Crippen LogP contribution >= 0.6 is 0 Å². The standard InChI is InChI=1S/C23H38O3/c1-4-26-14-23(25)12-10-17-16(13-23)5-6-19-18(17)9-11-22(3)20(15(2)24)7-8-21(19)22/h16-21,25H,4-14H2,1-3H3/t16-,17+,18-,19-,20-,21+,22-,23-/m1/s1. The highest BCUT2D eigenvalue weighted by molar-refractivity contribution is 5.79. The molecule has 0 aliphatic heterocycles. The molecule has 4 fully saturated rings. The maximum Gasteiger partial charge on any atom is 0.133 e. The minimum atomic E-state index is -0.583. The molecule has 0 aromatic rings. The van der Waals surface area contributed by atoms with Gasteiger partial charge in [0.15, 0.2) is 0 Å². The van der Waals surface area contributed by atoms with E-state index in [9.17, 15) is 9.90 Å². The van der Waals surface area contributed by atoms with Gasteiger partial charge in [0, 0.05) is 12.5 Å². The third-order valence-corrected chi connectivity index (χ3v) is 9.17. The second kappa shape index (κ2) is 6.88. The SMILES string of the molecule is CCOC[C@@]1(O)CC[C@H]2[C@H](CC[C@@H]3[C@@H]2CC[C@]2(C)[C@@H](C(C)=O)CC[C@@H]32)C1. The summed E-state index contributed by atoms with van der Waals surface area (Å²) in [5.41, 5.74) is -0.315. The number of hydrogen-bond acceptors (Lipinski definition) is 3. The van der Waals surface area contributed by atoms with Crippen molar-refractivity contribution in [2.75, 3.05) is 13.2 Å². The largest absolute Gasteiger partial charge is 0.387 e. The van der Waals surface area contributed by atoms with Gasteiger partial charge in [-0.3, -0.25) is 4.79 Å². The van der Waals surface area contributed by atoms with Crippen molar-refractivity contribution in [2.45, 2.75) is 84.2 Å². The van der Waals surface area contributed by atoms with Crippen LogP contribution < -0.4 is 0 Å². The Hall–Kier alpha value is -0.410. The lowest BCUT2D eigenvalue weighted by Gasteiger charge is -2.57. The van der Waals surface area contributed by atoms with Crippen LogP contribution in [0.4, 0.5) is 0 Å². The van der Waals surface area contributed by atoms with Gasteiger partial charge in [-0.05, 0) is 107 Å². The van der Waals surface area contributed by atoms with Crippen LogP contribution in [0.2, 0.25) is 0 Å². The van der Waals surface area contributed by atoms with Gasteiger partial charge < -0.3 is 9.84 Å². The molecule has 4 rings (SSSR count). The van der Waals surface area contributed by atoms with E-state index in [1.165, 1.54) is 38.5 Å². The second-order valence-corrected chi connectivity index (χ2v) is 10.3. The number of ketones is 1. The summed E-state index contributed by atoms with van der Waals surface area (Å²) in [5.74, 6) is 4.67. The lowest BCUT2D eigenvalue weighted by atomic mass is 9.49. The molecule has 4 aliphatic carbocycles. The van der Waals surface area contributed by atoms with E-state index >= 15 is 0 Å². The van der Waals surface area contributed by atoms with Crippen molar-refractivity contribution in [1.29, 1.82) is 0 Å². The maximum absolute atomic E-state index is 12.2. The lowest BCUT2D eigenvalue weighted by molar-refractivity contribution is -0.136. The first-order valence-corrected chi connectivity index (χ1v) is 11.2. The van der Waals surface area contributed by atoms with Crippen LogP contribution in [0.15, 0.2) is 0 Å². The molecule has 0 radical (unpaired) electrons. The lowest BCUT2D eigenvalue weighted by Crippen LogP contribution is -2.52. The van der Waals surface area contributed by atoms with Crippen LogP contribution in [0.25, 0.3) is 0 Å².